The highest BCUT2D eigenvalue weighted by atomic mass is 32.1. The summed E-state index contributed by atoms with van der Waals surface area (Å²) in [6, 6.07) is 23.0. The van der Waals surface area contributed by atoms with Crippen molar-refractivity contribution < 1.29 is 4.79 Å². The number of hydrogen-bond donors (Lipinski definition) is 0. The largest absolute Gasteiger partial charge is 0.307 e. The molecule has 5 rings (SSSR count). The van der Waals surface area contributed by atoms with E-state index in [9.17, 15) is 4.79 Å². The number of nitrogens with zero attached hydrogens (tertiary/aromatic N) is 2. The van der Waals surface area contributed by atoms with Crippen molar-refractivity contribution in [3.8, 4) is 0 Å². The number of benzene rings is 2. The number of likely N-dealkylation sites (tertiary alicyclic amines) is 1. The molecule has 3 nitrogen and oxygen atoms in total. The summed E-state index contributed by atoms with van der Waals surface area (Å²) in [5.74, 6) is 0.285. The molecule has 1 amide bonds. The van der Waals surface area contributed by atoms with Crippen molar-refractivity contribution in [1.82, 2.24) is 4.90 Å². The monoisotopic (exact) mass is 388 g/mol. The smallest absolute Gasteiger partial charge is 0.238 e. The van der Waals surface area contributed by atoms with Gasteiger partial charge in [0.1, 0.15) is 0 Å². The van der Waals surface area contributed by atoms with Gasteiger partial charge in [-0.15, -0.1) is 11.3 Å². The van der Waals surface area contributed by atoms with Crippen LogP contribution in [0.25, 0.3) is 0 Å². The van der Waals surface area contributed by atoms with E-state index in [1.807, 2.05) is 34.4 Å². The third-order valence-corrected chi connectivity index (χ3v) is 7.08. The lowest BCUT2D eigenvalue weighted by Gasteiger charge is -2.38. The number of carbonyl (C=O) groups is 1. The van der Waals surface area contributed by atoms with Gasteiger partial charge in [0.25, 0.3) is 0 Å². The van der Waals surface area contributed by atoms with Crippen molar-refractivity contribution in [3.05, 3.63) is 88.1 Å². The molecular formula is C24H24N2OS. The lowest BCUT2D eigenvalue weighted by molar-refractivity contribution is -0.125. The molecule has 3 aromatic rings. The van der Waals surface area contributed by atoms with E-state index in [1.54, 1.807) is 0 Å². The Morgan fingerprint density at radius 3 is 2.36 bits per heavy atom. The molecule has 142 valence electrons. The minimum atomic E-state index is -0.350. The molecule has 28 heavy (non-hydrogen) atoms. The minimum Gasteiger partial charge on any atom is -0.307 e. The number of piperidine rings is 1. The lowest BCUT2D eigenvalue weighted by Crippen LogP contribution is -2.48. The predicted octanol–water partition coefficient (Wildman–Crippen LogP) is 4.83. The van der Waals surface area contributed by atoms with E-state index in [1.165, 1.54) is 16.0 Å². The first-order chi connectivity index (χ1) is 13.8. The molecular weight excluding hydrogens is 364 g/mol. The number of hydrogen-bond acceptors (Lipinski definition) is 3. The average molecular weight is 389 g/mol. The van der Waals surface area contributed by atoms with Gasteiger partial charge in [0, 0.05) is 17.1 Å². The molecule has 0 saturated carbocycles. The fourth-order valence-corrected chi connectivity index (χ4v) is 5.46. The van der Waals surface area contributed by atoms with Crippen LogP contribution in [0.1, 0.15) is 28.8 Å². The zero-order valence-electron chi connectivity index (χ0n) is 15.9. The summed E-state index contributed by atoms with van der Waals surface area (Å²) in [5, 5.41) is 2.14. The summed E-state index contributed by atoms with van der Waals surface area (Å²) in [5.41, 5.74) is 3.16. The van der Waals surface area contributed by atoms with Crippen LogP contribution in [0.5, 0.6) is 0 Å². The molecule has 1 aromatic heterocycles. The number of amides is 1. The standard InChI is InChI=1S/C24H24N2OS/c27-23-24(12-14-25(15-13-24)18-20-9-6-16-28-20)21-10-4-5-11-22(21)26(23)17-19-7-2-1-3-8-19/h1-11,16H,12-15,17-18H2. The number of anilines is 1. The Labute approximate surface area is 170 Å². The van der Waals surface area contributed by atoms with Crippen molar-refractivity contribution in [2.24, 2.45) is 0 Å². The summed E-state index contributed by atoms with van der Waals surface area (Å²) in [6.07, 6.45) is 1.80. The van der Waals surface area contributed by atoms with Gasteiger partial charge in [0.15, 0.2) is 0 Å². The molecule has 0 N–H and O–H groups in total. The molecule has 0 radical (unpaired) electrons. The Morgan fingerprint density at radius 1 is 0.857 bits per heavy atom. The van der Waals surface area contributed by atoms with Gasteiger partial charge in [-0.1, -0.05) is 54.6 Å². The highest BCUT2D eigenvalue weighted by Gasteiger charge is 2.51. The highest BCUT2D eigenvalue weighted by Crippen LogP contribution is 2.48. The maximum atomic E-state index is 13.7. The van der Waals surface area contributed by atoms with E-state index in [2.05, 4.69) is 58.8 Å². The molecule has 0 bridgehead atoms. The fraction of sp³-hybridized carbons (Fsp3) is 0.292. The maximum absolute atomic E-state index is 13.7. The molecule has 0 unspecified atom stereocenters. The molecule has 2 aromatic carbocycles. The first-order valence-electron chi connectivity index (χ1n) is 9.96. The fourth-order valence-electron chi connectivity index (χ4n) is 4.72. The number of para-hydroxylation sites is 1. The van der Waals surface area contributed by atoms with Crippen LogP contribution >= 0.6 is 11.3 Å². The van der Waals surface area contributed by atoms with Crippen molar-refractivity contribution >= 4 is 22.9 Å². The summed E-state index contributed by atoms with van der Waals surface area (Å²) in [4.78, 5) is 19.6. The van der Waals surface area contributed by atoms with Gasteiger partial charge in [-0.3, -0.25) is 9.69 Å². The van der Waals surface area contributed by atoms with Gasteiger partial charge in [0.05, 0.1) is 12.0 Å². The normalized spacial score (nSPS) is 18.6. The van der Waals surface area contributed by atoms with Gasteiger partial charge in [-0.25, -0.2) is 0 Å². The maximum Gasteiger partial charge on any atom is 0.238 e. The average Bonchev–Trinajstić information content (AvgIpc) is 3.33. The van der Waals surface area contributed by atoms with E-state index in [0.717, 1.165) is 38.2 Å². The number of fused-ring (bicyclic) bond motifs is 2. The second-order valence-corrected chi connectivity index (χ2v) is 8.86. The van der Waals surface area contributed by atoms with Crippen molar-refractivity contribution in [2.75, 3.05) is 18.0 Å². The van der Waals surface area contributed by atoms with Gasteiger partial charge >= 0.3 is 0 Å². The SMILES string of the molecule is O=C1N(Cc2ccccc2)c2ccccc2C12CCN(Cc1cccs1)CC2. The third-order valence-electron chi connectivity index (χ3n) is 6.22. The van der Waals surface area contributed by atoms with Crippen LogP contribution in [0.4, 0.5) is 5.69 Å². The van der Waals surface area contributed by atoms with Crippen LogP contribution in [-0.4, -0.2) is 23.9 Å². The molecule has 2 aliphatic rings. The molecule has 4 heteroatoms. The van der Waals surface area contributed by atoms with Crippen molar-refractivity contribution in [3.63, 3.8) is 0 Å². The minimum absolute atomic E-state index is 0.285. The van der Waals surface area contributed by atoms with E-state index < -0.39 is 0 Å². The molecule has 3 heterocycles. The summed E-state index contributed by atoms with van der Waals surface area (Å²) < 4.78 is 0. The quantitative estimate of drug-likeness (QED) is 0.639. The molecule has 1 fully saturated rings. The highest BCUT2D eigenvalue weighted by molar-refractivity contribution is 7.09. The van der Waals surface area contributed by atoms with Gasteiger partial charge < -0.3 is 4.90 Å². The Kier molecular flexibility index (Phi) is 4.53. The second kappa shape index (κ2) is 7.19. The molecule has 0 atom stereocenters. The third kappa shape index (κ3) is 2.97. The number of thiophene rings is 1. The van der Waals surface area contributed by atoms with Crippen LogP contribution in [-0.2, 0) is 23.3 Å². The summed E-state index contributed by atoms with van der Waals surface area (Å²) >= 11 is 1.81. The first-order valence-corrected chi connectivity index (χ1v) is 10.8. The van der Waals surface area contributed by atoms with E-state index in [-0.39, 0.29) is 11.3 Å². The van der Waals surface area contributed by atoms with Crippen molar-refractivity contribution in [1.29, 1.82) is 0 Å². The number of rotatable bonds is 4. The first kappa shape index (κ1) is 17.7. The van der Waals surface area contributed by atoms with Crippen LogP contribution in [0, 0.1) is 0 Å². The van der Waals surface area contributed by atoms with E-state index >= 15 is 0 Å². The second-order valence-electron chi connectivity index (χ2n) is 7.83. The Hall–Kier alpha value is -2.43. The molecule has 0 aliphatic carbocycles. The van der Waals surface area contributed by atoms with Gasteiger partial charge in [-0.2, -0.15) is 0 Å². The summed E-state index contributed by atoms with van der Waals surface area (Å²) in [7, 11) is 0. The zero-order valence-corrected chi connectivity index (χ0v) is 16.7. The Bertz CT molecular complexity index is 959. The van der Waals surface area contributed by atoms with Gasteiger partial charge in [-0.05, 0) is 54.6 Å². The Balaban J connectivity index is 1.40. The zero-order chi connectivity index (χ0) is 19.0. The van der Waals surface area contributed by atoms with Crippen LogP contribution in [0.3, 0.4) is 0 Å². The van der Waals surface area contributed by atoms with Gasteiger partial charge in [0.2, 0.25) is 5.91 Å². The van der Waals surface area contributed by atoms with Crippen molar-refractivity contribution in [2.45, 2.75) is 31.3 Å². The molecule has 1 saturated heterocycles. The van der Waals surface area contributed by atoms with Crippen LogP contribution in [0.15, 0.2) is 72.1 Å². The van der Waals surface area contributed by atoms with E-state index in [0.29, 0.717) is 6.54 Å². The van der Waals surface area contributed by atoms with Crippen LogP contribution in [0.2, 0.25) is 0 Å². The number of carbonyl (C=O) groups excluding carboxylic acids is 1. The topological polar surface area (TPSA) is 23.6 Å². The Morgan fingerprint density at radius 2 is 1.61 bits per heavy atom. The molecule has 1 spiro atoms. The molecule has 2 aliphatic heterocycles. The lowest BCUT2D eigenvalue weighted by atomic mass is 9.73. The summed E-state index contributed by atoms with van der Waals surface area (Å²) in [6.45, 7) is 3.59. The predicted molar refractivity (Wildman–Crippen MR) is 115 cm³/mol. The van der Waals surface area contributed by atoms with E-state index in [4.69, 9.17) is 0 Å². The van der Waals surface area contributed by atoms with Crippen LogP contribution < -0.4 is 4.90 Å².